The minimum Gasteiger partial charge on any atom is -0.496 e. The van der Waals surface area contributed by atoms with Gasteiger partial charge in [0.15, 0.2) is 5.96 Å². The molecule has 1 aromatic carbocycles. The first-order chi connectivity index (χ1) is 11.5. The molecule has 0 spiro atoms. The van der Waals surface area contributed by atoms with Crippen LogP contribution >= 0.6 is 35.3 Å². The Labute approximate surface area is 171 Å². The van der Waals surface area contributed by atoms with Crippen LogP contribution in [0.25, 0.3) is 0 Å². The van der Waals surface area contributed by atoms with Gasteiger partial charge in [-0.3, -0.25) is 0 Å². The molecule has 0 aliphatic carbocycles. The normalized spacial score (nSPS) is 11.0. The summed E-state index contributed by atoms with van der Waals surface area (Å²) in [6.45, 7) is 10.3. The van der Waals surface area contributed by atoms with E-state index in [0.29, 0.717) is 13.1 Å². The summed E-state index contributed by atoms with van der Waals surface area (Å²) < 4.78 is 5.45. The van der Waals surface area contributed by atoms with Crippen molar-refractivity contribution >= 4 is 41.3 Å². The first-order valence-corrected chi connectivity index (χ1v) is 8.93. The molecular formula is C18H27IN4OS. The lowest BCUT2D eigenvalue weighted by atomic mass is 10.1. The van der Waals surface area contributed by atoms with Crippen molar-refractivity contribution in [2.45, 2.75) is 40.8 Å². The van der Waals surface area contributed by atoms with Crippen LogP contribution in [0, 0.1) is 20.8 Å². The van der Waals surface area contributed by atoms with Crippen molar-refractivity contribution in [3.05, 3.63) is 44.9 Å². The largest absolute Gasteiger partial charge is 0.496 e. The standard InChI is InChI=1S/C18H26N4OS.HI/c1-6-19-18(21-11-17-22-13(3)14(4)24-17)20-10-15-8-7-12(2)9-16(15)23-5;/h7-9H,6,10-11H2,1-5H3,(H2,19,20,21);1H. The molecule has 0 unspecified atom stereocenters. The van der Waals surface area contributed by atoms with Crippen LogP contribution in [0.4, 0.5) is 0 Å². The molecule has 2 aromatic rings. The Bertz CT molecular complexity index is 696. The molecule has 0 fully saturated rings. The second-order valence-corrected chi connectivity index (χ2v) is 6.90. The first kappa shape index (κ1) is 21.7. The highest BCUT2D eigenvalue weighted by Crippen LogP contribution is 2.20. The lowest BCUT2D eigenvalue weighted by molar-refractivity contribution is 0.409. The zero-order valence-electron chi connectivity index (χ0n) is 15.5. The predicted molar refractivity (Wildman–Crippen MR) is 116 cm³/mol. The van der Waals surface area contributed by atoms with E-state index in [9.17, 15) is 0 Å². The van der Waals surface area contributed by atoms with E-state index in [1.54, 1.807) is 18.4 Å². The van der Waals surface area contributed by atoms with Gasteiger partial charge in [-0.2, -0.15) is 0 Å². The molecule has 0 radical (unpaired) electrons. The summed E-state index contributed by atoms with van der Waals surface area (Å²) in [5, 5.41) is 7.68. The van der Waals surface area contributed by atoms with Crippen LogP contribution < -0.4 is 15.4 Å². The van der Waals surface area contributed by atoms with E-state index < -0.39 is 0 Å². The molecule has 0 bridgehead atoms. The van der Waals surface area contributed by atoms with Gasteiger partial charge in [-0.05, 0) is 39.3 Å². The van der Waals surface area contributed by atoms with Crippen LogP contribution in [0.3, 0.4) is 0 Å². The average Bonchev–Trinajstić information content (AvgIpc) is 2.89. The molecule has 2 rings (SSSR count). The van der Waals surface area contributed by atoms with Gasteiger partial charge in [-0.15, -0.1) is 35.3 Å². The van der Waals surface area contributed by atoms with Crippen LogP contribution in [-0.2, 0) is 13.1 Å². The molecule has 5 nitrogen and oxygen atoms in total. The molecule has 7 heteroatoms. The molecule has 138 valence electrons. The first-order valence-electron chi connectivity index (χ1n) is 8.12. The van der Waals surface area contributed by atoms with Crippen molar-refractivity contribution < 1.29 is 4.74 Å². The summed E-state index contributed by atoms with van der Waals surface area (Å²) in [4.78, 5) is 10.5. The fraction of sp³-hybridized carbons (Fsp3) is 0.444. The van der Waals surface area contributed by atoms with E-state index in [2.05, 4.69) is 53.5 Å². The van der Waals surface area contributed by atoms with Gasteiger partial charge in [0.2, 0.25) is 0 Å². The molecule has 0 saturated carbocycles. The topological polar surface area (TPSA) is 58.5 Å². The quantitative estimate of drug-likeness (QED) is 0.378. The smallest absolute Gasteiger partial charge is 0.191 e. The number of hydrogen-bond donors (Lipinski definition) is 2. The number of rotatable bonds is 6. The Morgan fingerprint density at radius 2 is 2.00 bits per heavy atom. The highest BCUT2D eigenvalue weighted by atomic mass is 127. The lowest BCUT2D eigenvalue weighted by Crippen LogP contribution is -2.36. The number of halogens is 1. The maximum absolute atomic E-state index is 5.45. The number of guanidine groups is 1. The Balaban J connectivity index is 0.00000312. The van der Waals surface area contributed by atoms with Gasteiger partial charge >= 0.3 is 0 Å². The maximum atomic E-state index is 5.45. The summed E-state index contributed by atoms with van der Waals surface area (Å²) >= 11 is 1.72. The number of aromatic nitrogens is 1. The van der Waals surface area contributed by atoms with Crippen molar-refractivity contribution in [3.63, 3.8) is 0 Å². The highest BCUT2D eigenvalue weighted by Gasteiger charge is 2.06. The van der Waals surface area contributed by atoms with E-state index >= 15 is 0 Å². The molecule has 0 aliphatic heterocycles. The van der Waals surface area contributed by atoms with E-state index in [1.807, 2.05) is 13.0 Å². The van der Waals surface area contributed by atoms with Crippen LogP contribution in [0.1, 0.15) is 33.6 Å². The number of thiazole rings is 1. The number of methoxy groups -OCH3 is 1. The van der Waals surface area contributed by atoms with Crippen LogP contribution in [-0.4, -0.2) is 24.6 Å². The van der Waals surface area contributed by atoms with Crippen LogP contribution in [0.5, 0.6) is 5.75 Å². The zero-order chi connectivity index (χ0) is 17.5. The highest BCUT2D eigenvalue weighted by molar-refractivity contribution is 14.0. The zero-order valence-corrected chi connectivity index (χ0v) is 18.6. The van der Waals surface area contributed by atoms with Crippen molar-refractivity contribution in [2.75, 3.05) is 13.7 Å². The van der Waals surface area contributed by atoms with E-state index in [4.69, 9.17) is 4.74 Å². The SMILES string of the molecule is CCNC(=NCc1ccc(C)cc1OC)NCc1nc(C)c(C)s1.I. The molecule has 1 heterocycles. The van der Waals surface area contributed by atoms with Crippen molar-refractivity contribution in [2.24, 2.45) is 4.99 Å². The molecule has 0 atom stereocenters. The number of nitrogens with zero attached hydrogens (tertiary/aromatic N) is 2. The molecule has 0 amide bonds. The summed E-state index contributed by atoms with van der Waals surface area (Å²) in [5.41, 5.74) is 3.35. The number of hydrogen-bond acceptors (Lipinski definition) is 4. The van der Waals surface area contributed by atoms with E-state index in [0.717, 1.165) is 34.5 Å². The van der Waals surface area contributed by atoms with Crippen molar-refractivity contribution in [3.8, 4) is 5.75 Å². The fourth-order valence-electron chi connectivity index (χ4n) is 2.26. The van der Waals surface area contributed by atoms with E-state index in [-0.39, 0.29) is 24.0 Å². The van der Waals surface area contributed by atoms with Gasteiger partial charge in [0.05, 0.1) is 25.9 Å². The van der Waals surface area contributed by atoms with Crippen molar-refractivity contribution in [1.29, 1.82) is 0 Å². The third-order valence-corrected chi connectivity index (χ3v) is 4.75. The predicted octanol–water partition coefficient (Wildman–Crippen LogP) is 3.95. The minimum absolute atomic E-state index is 0. The number of aryl methyl sites for hydroxylation is 3. The maximum Gasteiger partial charge on any atom is 0.191 e. The molecule has 2 N–H and O–H groups in total. The molecule has 0 saturated heterocycles. The third kappa shape index (κ3) is 6.47. The summed E-state index contributed by atoms with van der Waals surface area (Å²) in [6, 6.07) is 6.18. The minimum atomic E-state index is 0. The average molecular weight is 474 g/mol. The second kappa shape index (κ2) is 10.6. The number of ether oxygens (including phenoxy) is 1. The van der Waals surface area contributed by atoms with Gasteiger partial charge in [0.25, 0.3) is 0 Å². The van der Waals surface area contributed by atoms with E-state index in [1.165, 1.54) is 10.4 Å². The third-order valence-electron chi connectivity index (χ3n) is 3.67. The van der Waals surface area contributed by atoms with Gasteiger partial charge in [-0.25, -0.2) is 9.98 Å². The van der Waals surface area contributed by atoms with Gasteiger partial charge in [0, 0.05) is 17.0 Å². The Hall–Kier alpha value is -1.35. The van der Waals surface area contributed by atoms with Gasteiger partial charge < -0.3 is 15.4 Å². The Morgan fingerprint density at radius 1 is 1.24 bits per heavy atom. The van der Waals surface area contributed by atoms with Crippen LogP contribution in [0.15, 0.2) is 23.2 Å². The number of aliphatic imine (C=N–C) groups is 1. The Morgan fingerprint density at radius 3 is 2.60 bits per heavy atom. The number of nitrogens with one attached hydrogen (secondary N) is 2. The lowest BCUT2D eigenvalue weighted by Gasteiger charge is -2.11. The Kier molecular flexibility index (Phi) is 9.20. The summed E-state index contributed by atoms with van der Waals surface area (Å²) in [5.74, 6) is 1.66. The van der Waals surface area contributed by atoms with Crippen LogP contribution in [0.2, 0.25) is 0 Å². The molecule has 1 aromatic heterocycles. The molecular weight excluding hydrogens is 447 g/mol. The monoisotopic (exact) mass is 474 g/mol. The molecule has 0 aliphatic rings. The second-order valence-electron chi connectivity index (χ2n) is 5.61. The molecule has 25 heavy (non-hydrogen) atoms. The van der Waals surface area contributed by atoms with Gasteiger partial charge in [0.1, 0.15) is 10.8 Å². The summed E-state index contributed by atoms with van der Waals surface area (Å²) in [7, 11) is 1.69. The van der Waals surface area contributed by atoms with Crippen molar-refractivity contribution in [1.82, 2.24) is 15.6 Å². The van der Waals surface area contributed by atoms with Gasteiger partial charge in [-0.1, -0.05) is 12.1 Å². The number of benzene rings is 1. The fourth-order valence-corrected chi connectivity index (χ4v) is 3.14. The summed E-state index contributed by atoms with van der Waals surface area (Å²) in [6.07, 6.45) is 0.